The number of piperidine rings is 1. The number of carbonyl (C=O) groups is 1. The number of likely N-dealkylation sites (tertiary alicyclic amines) is 1. The lowest BCUT2D eigenvalue weighted by molar-refractivity contribution is 0.174. The summed E-state index contributed by atoms with van der Waals surface area (Å²) < 4.78 is 10.6. The summed E-state index contributed by atoms with van der Waals surface area (Å²) in [5, 5.41) is 5.92. The summed E-state index contributed by atoms with van der Waals surface area (Å²) in [5.41, 5.74) is 0.998. The van der Waals surface area contributed by atoms with E-state index in [1.165, 1.54) is 0 Å². The van der Waals surface area contributed by atoms with E-state index in [1.54, 1.807) is 0 Å². The molecule has 2 aliphatic rings. The molecule has 2 amide bonds. The van der Waals surface area contributed by atoms with E-state index in [-0.39, 0.29) is 18.9 Å². The molecule has 0 aromatic heterocycles. The second-order valence-electron chi connectivity index (χ2n) is 5.59. The normalized spacial score (nSPS) is 18.5. The molecule has 6 nitrogen and oxygen atoms in total. The van der Waals surface area contributed by atoms with Crippen LogP contribution in [0.15, 0.2) is 18.2 Å². The molecule has 0 aliphatic carbocycles. The molecule has 21 heavy (non-hydrogen) atoms. The Kier molecular flexibility index (Phi) is 4.15. The van der Waals surface area contributed by atoms with Gasteiger partial charge in [-0.3, -0.25) is 0 Å². The summed E-state index contributed by atoms with van der Waals surface area (Å²) in [6, 6.07) is 5.87. The average molecular weight is 291 g/mol. The van der Waals surface area contributed by atoms with Gasteiger partial charge in [0.1, 0.15) is 0 Å². The van der Waals surface area contributed by atoms with Gasteiger partial charge in [-0.25, -0.2) is 4.79 Å². The fourth-order valence-electron chi connectivity index (χ4n) is 2.62. The summed E-state index contributed by atoms with van der Waals surface area (Å²) in [7, 11) is 2.11. The van der Waals surface area contributed by atoms with Gasteiger partial charge in [-0.1, -0.05) is 6.07 Å². The van der Waals surface area contributed by atoms with Gasteiger partial charge in [0, 0.05) is 12.6 Å². The number of rotatable bonds is 3. The fraction of sp³-hybridized carbons (Fsp3) is 0.533. The predicted molar refractivity (Wildman–Crippen MR) is 78.5 cm³/mol. The first kappa shape index (κ1) is 14.0. The van der Waals surface area contributed by atoms with E-state index in [0.29, 0.717) is 6.54 Å². The minimum Gasteiger partial charge on any atom is -0.454 e. The smallest absolute Gasteiger partial charge is 0.315 e. The fourth-order valence-corrected chi connectivity index (χ4v) is 2.62. The van der Waals surface area contributed by atoms with Crippen molar-refractivity contribution in [3.05, 3.63) is 23.8 Å². The van der Waals surface area contributed by atoms with Crippen LogP contribution in [0.25, 0.3) is 0 Å². The Bertz CT molecular complexity index is 513. The van der Waals surface area contributed by atoms with E-state index in [2.05, 4.69) is 22.6 Å². The summed E-state index contributed by atoms with van der Waals surface area (Å²) >= 11 is 0. The molecule has 3 rings (SSSR count). The second kappa shape index (κ2) is 6.22. The summed E-state index contributed by atoms with van der Waals surface area (Å²) in [5.74, 6) is 1.50. The largest absolute Gasteiger partial charge is 0.454 e. The lowest BCUT2D eigenvalue weighted by atomic mass is 10.1. The molecule has 0 bridgehead atoms. The van der Waals surface area contributed by atoms with Crippen molar-refractivity contribution in [2.45, 2.75) is 25.4 Å². The van der Waals surface area contributed by atoms with Gasteiger partial charge in [0.25, 0.3) is 0 Å². The van der Waals surface area contributed by atoms with Crippen LogP contribution >= 0.6 is 0 Å². The highest BCUT2D eigenvalue weighted by atomic mass is 16.7. The minimum atomic E-state index is -0.109. The van der Waals surface area contributed by atoms with Gasteiger partial charge in [-0.2, -0.15) is 0 Å². The average Bonchev–Trinajstić information content (AvgIpc) is 2.95. The van der Waals surface area contributed by atoms with Crippen molar-refractivity contribution < 1.29 is 14.3 Å². The highest BCUT2D eigenvalue weighted by Gasteiger charge is 2.18. The molecule has 2 N–H and O–H groups in total. The third-order valence-corrected chi connectivity index (χ3v) is 3.94. The SMILES string of the molecule is CN1CCC(NC(=O)NCc2ccc3c(c2)OCO3)CC1. The Morgan fingerprint density at radius 1 is 1.29 bits per heavy atom. The molecule has 1 saturated heterocycles. The molecule has 6 heteroatoms. The number of hydrogen-bond donors (Lipinski definition) is 2. The molecular formula is C15H21N3O3. The first-order chi connectivity index (χ1) is 10.2. The Morgan fingerprint density at radius 3 is 2.86 bits per heavy atom. The van der Waals surface area contributed by atoms with Crippen molar-refractivity contribution in [2.75, 3.05) is 26.9 Å². The molecule has 114 valence electrons. The van der Waals surface area contributed by atoms with Gasteiger partial charge in [0.15, 0.2) is 11.5 Å². The summed E-state index contributed by atoms with van der Waals surface area (Å²) in [6.45, 7) is 2.82. The van der Waals surface area contributed by atoms with Crippen LogP contribution < -0.4 is 20.1 Å². The first-order valence-electron chi connectivity index (χ1n) is 7.32. The molecule has 1 aromatic rings. The third-order valence-electron chi connectivity index (χ3n) is 3.94. The zero-order chi connectivity index (χ0) is 14.7. The van der Waals surface area contributed by atoms with E-state index in [9.17, 15) is 4.79 Å². The quantitative estimate of drug-likeness (QED) is 0.881. The van der Waals surface area contributed by atoms with Crippen molar-refractivity contribution in [3.63, 3.8) is 0 Å². The van der Waals surface area contributed by atoms with Crippen molar-refractivity contribution in [3.8, 4) is 11.5 Å². The van der Waals surface area contributed by atoms with E-state index in [4.69, 9.17) is 9.47 Å². The molecule has 2 heterocycles. The number of benzene rings is 1. The van der Waals surface area contributed by atoms with Crippen molar-refractivity contribution >= 4 is 6.03 Å². The number of urea groups is 1. The van der Waals surface area contributed by atoms with Crippen LogP contribution in [0.5, 0.6) is 11.5 Å². The Balaban J connectivity index is 1.45. The van der Waals surface area contributed by atoms with Crippen molar-refractivity contribution in [2.24, 2.45) is 0 Å². The maximum atomic E-state index is 11.9. The Morgan fingerprint density at radius 2 is 2.05 bits per heavy atom. The molecule has 2 aliphatic heterocycles. The van der Waals surface area contributed by atoms with E-state index < -0.39 is 0 Å². The minimum absolute atomic E-state index is 0.109. The topological polar surface area (TPSA) is 62.8 Å². The number of hydrogen-bond acceptors (Lipinski definition) is 4. The van der Waals surface area contributed by atoms with E-state index >= 15 is 0 Å². The van der Waals surface area contributed by atoms with Crippen LogP contribution in [0.2, 0.25) is 0 Å². The molecule has 1 fully saturated rings. The lowest BCUT2D eigenvalue weighted by Gasteiger charge is -2.29. The van der Waals surface area contributed by atoms with Gasteiger partial charge in [0.05, 0.1) is 0 Å². The molecule has 0 atom stereocenters. The number of nitrogens with one attached hydrogen (secondary N) is 2. The van der Waals surface area contributed by atoms with E-state index in [1.807, 2.05) is 18.2 Å². The van der Waals surface area contributed by atoms with Crippen LogP contribution in [-0.2, 0) is 6.54 Å². The van der Waals surface area contributed by atoms with Crippen LogP contribution in [-0.4, -0.2) is 43.9 Å². The lowest BCUT2D eigenvalue weighted by Crippen LogP contribution is -2.46. The van der Waals surface area contributed by atoms with Crippen LogP contribution in [0.3, 0.4) is 0 Å². The van der Waals surface area contributed by atoms with Gasteiger partial charge < -0.3 is 25.0 Å². The Labute approximate surface area is 124 Å². The highest BCUT2D eigenvalue weighted by molar-refractivity contribution is 5.74. The zero-order valence-electron chi connectivity index (χ0n) is 12.2. The maximum Gasteiger partial charge on any atom is 0.315 e. The maximum absolute atomic E-state index is 11.9. The summed E-state index contributed by atoms with van der Waals surface area (Å²) in [6.07, 6.45) is 2.02. The summed E-state index contributed by atoms with van der Waals surface area (Å²) in [4.78, 5) is 14.2. The number of fused-ring (bicyclic) bond motifs is 1. The monoisotopic (exact) mass is 291 g/mol. The van der Waals surface area contributed by atoms with Gasteiger partial charge >= 0.3 is 6.03 Å². The zero-order valence-corrected chi connectivity index (χ0v) is 12.2. The third kappa shape index (κ3) is 3.58. The van der Waals surface area contributed by atoms with Crippen molar-refractivity contribution in [1.82, 2.24) is 15.5 Å². The van der Waals surface area contributed by atoms with Crippen molar-refractivity contribution in [1.29, 1.82) is 0 Å². The number of nitrogens with zero attached hydrogens (tertiary/aromatic N) is 1. The van der Waals surface area contributed by atoms with Gasteiger partial charge in [-0.15, -0.1) is 0 Å². The molecular weight excluding hydrogens is 270 g/mol. The molecule has 1 aromatic carbocycles. The Hall–Kier alpha value is -1.95. The number of ether oxygens (including phenoxy) is 2. The van der Waals surface area contributed by atoms with Gasteiger partial charge in [-0.05, 0) is 50.7 Å². The second-order valence-corrected chi connectivity index (χ2v) is 5.59. The molecule has 0 unspecified atom stereocenters. The van der Waals surface area contributed by atoms with Crippen LogP contribution in [0, 0.1) is 0 Å². The number of amides is 2. The predicted octanol–water partition coefficient (Wildman–Crippen LogP) is 1.31. The van der Waals surface area contributed by atoms with Crippen LogP contribution in [0.4, 0.5) is 4.79 Å². The molecule has 0 spiro atoms. The molecule has 0 radical (unpaired) electrons. The molecule has 0 saturated carbocycles. The van der Waals surface area contributed by atoms with Crippen LogP contribution in [0.1, 0.15) is 18.4 Å². The van der Waals surface area contributed by atoms with E-state index in [0.717, 1.165) is 43.0 Å². The standard InChI is InChI=1S/C15H21N3O3/c1-18-6-4-12(5-7-18)17-15(19)16-9-11-2-3-13-14(8-11)21-10-20-13/h2-3,8,12H,4-7,9-10H2,1H3,(H2,16,17,19). The number of carbonyl (C=O) groups excluding carboxylic acids is 1. The first-order valence-corrected chi connectivity index (χ1v) is 7.32. The van der Waals surface area contributed by atoms with Gasteiger partial charge in [0.2, 0.25) is 6.79 Å². The highest BCUT2D eigenvalue weighted by Crippen LogP contribution is 2.32.